The van der Waals surface area contributed by atoms with Crippen LogP contribution in [0.2, 0.25) is 0 Å². The summed E-state index contributed by atoms with van der Waals surface area (Å²) in [6.45, 7) is 0.846. The van der Waals surface area contributed by atoms with Gasteiger partial charge in [-0.2, -0.15) is 26.3 Å². The first-order valence-corrected chi connectivity index (χ1v) is 9.13. The topological polar surface area (TPSA) is 71.7 Å². The van der Waals surface area contributed by atoms with Gasteiger partial charge in [0.2, 0.25) is 0 Å². The molecule has 13 heteroatoms. The highest BCUT2D eigenvalue weighted by Crippen LogP contribution is 2.26. The largest absolute Gasteiger partial charge is 0.405 e. The van der Waals surface area contributed by atoms with Crippen molar-refractivity contribution in [3.8, 4) is 0 Å². The second kappa shape index (κ2) is 9.94. The zero-order valence-corrected chi connectivity index (χ0v) is 15.3. The molecule has 2 rings (SSSR count). The van der Waals surface area contributed by atoms with Crippen LogP contribution in [0.1, 0.15) is 0 Å². The first-order chi connectivity index (χ1) is 13.1. The highest BCUT2D eigenvalue weighted by atomic mass is 19.4. The van der Waals surface area contributed by atoms with E-state index in [9.17, 15) is 31.1 Å². The fraction of sp³-hybridized carbons (Fsp3) is 0.933. The first-order valence-electron chi connectivity index (χ1n) is 9.13. The van der Waals surface area contributed by atoms with Gasteiger partial charge in [-0.05, 0) is 0 Å². The van der Waals surface area contributed by atoms with Crippen LogP contribution in [0.3, 0.4) is 0 Å². The number of hydrogen-bond donors (Lipinski definition) is 4. The number of hydrogen-bond acceptors (Lipinski definition) is 5. The van der Waals surface area contributed by atoms with Gasteiger partial charge in [-0.25, -0.2) is 4.79 Å². The molecule has 0 bridgehead atoms. The molecule has 4 N–H and O–H groups in total. The molecular formula is C15H26F6N6O. The van der Waals surface area contributed by atoms with Crippen molar-refractivity contribution >= 4 is 6.03 Å². The lowest BCUT2D eigenvalue weighted by Gasteiger charge is -2.36. The predicted octanol–water partition coefficient (Wildman–Crippen LogP) is -0.0422. The molecule has 0 aromatic rings. The maximum absolute atomic E-state index is 13.3. The SMILES string of the molecule is O=C(NCC(N1CCNCC1)C(F)(F)F)NCC(N1CCNCC1)C(F)(F)F. The summed E-state index contributed by atoms with van der Waals surface area (Å²) in [4.78, 5) is 14.3. The Bertz CT molecular complexity index is 448. The van der Waals surface area contributed by atoms with Gasteiger partial charge in [0.1, 0.15) is 12.1 Å². The van der Waals surface area contributed by atoms with E-state index in [4.69, 9.17) is 0 Å². The van der Waals surface area contributed by atoms with E-state index in [1.165, 1.54) is 9.80 Å². The minimum Gasteiger partial charge on any atom is -0.336 e. The minimum atomic E-state index is -4.56. The summed E-state index contributed by atoms with van der Waals surface area (Å²) < 4.78 is 79.6. The van der Waals surface area contributed by atoms with Gasteiger partial charge in [-0.1, -0.05) is 0 Å². The van der Waals surface area contributed by atoms with Crippen LogP contribution in [0.25, 0.3) is 0 Å². The number of nitrogens with zero attached hydrogens (tertiary/aromatic N) is 2. The number of carbonyl (C=O) groups excluding carboxylic acids is 1. The predicted molar refractivity (Wildman–Crippen MR) is 90.0 cm³/mol. The van der Waals surface area contributed by atoms with Crippen LogP contribution in [0.4, 0.5) is 31.1 Å². The van der Waals surface area contributed by atoms with E-state index in [2.05, 4.69) is 21.3 Å². The molecular weight excluding hydrogens is 394 g/mol. The molecule has 2 heterocycles. The molecule has 2 atom stereocenters. The normalized spacial score (nSPS) is 22.5. The Morgan fingerprint density at radius 3 is 1.36 bits per heavy atom. The molecule has 0 aromatic carbocycles. The van der Waals surface area contributed by atoms with Crippen molar-refractivity contribution in [2.75, 3.05) is 65.4 Å². The maximum Gasteiger partial charge on any atom is 0.405 e. The maximum atomic E-state index is 13.3. The molecule has 0 aliphatic carbocycles. The second-order valence-corrected chi connectivity index (χ2v) is 6.78. The van der Waals surface area contributed by atoms with E-state index in [0.29, 0.717) is 26.2 Å². The summed E-state index contributed by atoms with van der Waals surface area (Å²) in [7, 11) is 0. The Morgan fingerprint density at radius 1 is 0.750 bits per heavy atom. The summed E-state index contributed by atoms with van der Waals surface area (Å²) in [5, 5.41) is 10.0. The third-order valence-electron chi connectivity index (χ3n) is 4.85. The monoisotopic (exact) mass is 420 g/mol. The molecule has 28 heavy (non-hydrogen) atoms. The average molecular weight is 420 g/mol. The lowest BCUT2D eigenvalue weighted by Crippen LogP contribution is -2.60. The molecule has 164 valence electrons. The highest BCUT2D eigenvalue weighted by Gasteiger charge is 2.45. The summed E-state index contributed by atoms with van der Waals surface area (Å²) in [5.74, 6) is 0. The van der Waals surface area contributed by atoms with Crippen LogP contribution >= 0.6 is 0 Å². The van der Waals surface area contributed by atoms with Crippen LogP contribution in [0.15, 0.2) is 0 Å². The van der Waals surface area contributed by atoms with Crippen LogP contribution < -0.4 is 21.3 Å². The van der Waals surface area contributed by atoms with Crippen molar-refractivity contribution in [1.82, 2.24) is 31.1 Å². The number of alkyl halides is 6. The number of rotatable bonds is 6. The van der Waals surface area contributed by atoms with Crippen molar-refractivity contribution in [3.05, 3.63) is 0 Å². The standard InChI is InChI=1S/C15H26F6N6O/c16-14(17,18)11(26-5-1-22-2-6-26)9-24-13(28)25-10-12(15(19,20)21)27-7-3-23-4-8-27/h11-12,22-23H,1-10H2,(H2,24,25,28). The number of piperazine rings is 2. The molecule has 0 spiro atoms. The zero-order valence-electron chi connectivity index (χ0n) is 15.3. The van der Waals surface area contributed by atoms with Gasteiger partial charge in [0.05, 0.1) is 0 Å². The molecule has 0 radical (unpaired) electrons. The Balaban J connectivity index is 1.86. The molecule has 2 fully saturated rings. The molecule has 2 saturated heterocycles. The third kappa shape index (κ3) is 6.94. The van der Waals surface area contributed by atoms with E-state index in [1.807, 2.05) is 0 Å². The van der Waals surface area contributed by atoms with Crippen molar-refractivity contribution in [1.29, 1.82) is 0 Å². The second-order valence-electron chi connectivity index (χ2n) is 6.78. The van der Waals surface area contributed by atoms with Crippen LogP contribution in [-0.4, -0.2) is 106 Å². The molecule has 0 aromatic heterocycles. The number of urea groups is 1. The summed E-state index contributed by atoms with van der Waals surface area (Å²) in [6, 6.07) is -4.81. The number of halogens is 6. The van der Waals surface area contributed by atoms with Crippen molar-refractivity contribution in [2.45, 2.75) is 24.4 Å². The van der Waals surface area contributed by atoms with Gasteiger partial charge >= 0.3 is 18.4 Å². The van der Waals surface area contributed by atoms with Gasteiger partial charge in [0, 0.05) is 65.4 Å². The Labute approximate surface area is 159 Å². The van der Waals surface area contributed by atoms with E-state index in [-0.39, 0.29) is 26.2 Å². The van der Waals surface area contributed by atoms with E-state index >= 15 is 0 Å². The van der Waals surface area contributed by atoms with Gasteiger partial charge in [-0.15, -0.1) is 0 Å². The number of amides is 2. The Kier molecular flexibility index (Phi) is 8.16. The molecule has 0 saturated carbocycles. The first kappa shape index (κ1) is 23.0. The van der Waals surface area contributed by atoms with Crippen LogP contribution in [0.5, 0.6) is 0 Å². The lowest BCUT2D eigenvalue weighted by atomic mass is 10.2. The van der Waals surface area contributed by atoms with Gasteiger partial charge < -0.3 is 21.3 Å². The van der Waals surface area contributed by atoms with E-state index in [1.54, 1.807) is 0 Å². The van der Waals surface area contributed by atoms with Crippen molar-refractivity contribution in [3.63, 3.8) is 0 Å². The molecule has 2 amide bonds. The van der Waals surface area contributed by atoms with Gasteiger partial charge in [-0.3, -0.25) is 9.80 Å². The molecule has 2 aliphatic rings. The molecule has 2 unspecified atom stereocenters. The van der Waals surface area contributed by atoms with E-state index in [0.717, 1.165) is 0 Å². The number of carbonyl (C=O) groups is 1. The number of nitrogens with one attached hydrogen (secondary N) is 4. The Morgan fingerprint density at radius 2 is 1.07 bits per heavy atom. The molecule has 2 aliphatic heterocycles. The third-order valence-corrected chi connectivity index (χ3v) is 4.85. The molecule has 7 nitrogen and oxygen atoms in total. The highest BCUT2D eigenvalue weighted by molar-refractivity contribution is 5.73. The summed E-state index contributed by atoms with van der Waals surface area (Å²) in [6.07, 6.45) is -9.11. The van der Waals surface area contributed by atoms with Crippen molar-refractivity contribution in [2.24, 2.45) is 0 Å². The fourth-order valence-electron chi connectivity index (χ4n) is 3.33. The average Bonchev–Trinajstić information content (AvgIpc) is 2.61. The lowest BCUT2D eigenvalue weighted by molar-refractivity contribution is -0.183. The Hall–Kier alpha value is -1.31. The minimum absolute atomic E-state index is 0.173. The summed E-state index contributed by atoms with van der Waals surface area (Å²) in [5.41, 5.74) is 0. The van der Waals surface area contributed by atoms with Crippen LogP contribution in [0, 0.1) is 0 Å². The van der Waals surface area contributed by atoms with E-state index < -0.39 is 43.6 Å². The smallest absolute Gasteiger partial charge is 0.336 e. The van der Waals surface area contributed by atoms with Crippen LogP contribution in [-0.2, 0) is 0 Å². The van der Waals surface area contributed by atoms with Crippen molar-refractivity contribution < 1.29 is 31.1 Å². The zero-order chi connectivity index (χ0) is 20.8. The quantitative estimate of drug-likeness (QED) is 0.454. The van der Waals surface area contributed by atoms with Gasteiger partial charge in [0.15, 0.2) is 0 Å². The fourth-order valence-corrected chi connectivity index (χ4v) is 3.33. The van der Waals surface area contributed by atoms with Gasteiger partial charge in [0.25, 0.3) is 0 Å². The summed E-state index contributed by atoms with van der Waals surface area (Å²) >= 11 is 0.